The summed E-state index contributed by atoms with van der Waals surface area (Å²) in [4.78, 5) is 11.4. The highest BCUT2D eigenvalue weighted by Gasteiger charge is 2.37. The molecule has 0 saturated heterocycles. The maximum Gasteiger partial charge on any atom is 0.148 e. The average molecular weight is 176 g/mol. The molecule has 12 heavy (non-hydrogen) atoms. The zero-order chi connectivity index (χ0) is 9.78. The van der Waals surface area contributed by atoms with Crippen LogP contribution in [0.25, 0.3) is 0 Å². The van der Waals surface area contributed by atoms with Crippen molar-refractivity contribution in [2.75, 3.05) is 19.8 Å². The van der Waals surface area contributed by atoms with Gasteiger partial charge in [0.25, 0.3) is 0 Å². The Hall–Kier alpha value is -0.450. The van der Waals surface area contributed by atoms with Gasteiger partial charge in [-0.1, -0.05) is 13.8 Å². The Morgan fingerprint density at radius 3 is 1.58 bits per heavy atom. The van der Waals surface area contributed by atoms with Crippen LogP contribution in [-0.4, -0.2) is 40.9 Å². The molecule has 0 aromatic heterocycles. The summed E-state index contributed by atoms with van der Waals surface area (Å²) in [5, 5.41) is 26.6. The second kappa shape index (κ2) is 4.54. The lowest BCUT2D eigenvalue weighted by atomic mass is 9.81. The highest BCUT2D eigenvalue weighted by molar-refractivity contribution is 5.86. The SMILES string of the molecule is CC(C)C(=O)C(CO)(CO)CO. The minimum atomic E-state index is -1.37. The molecular weight excluding hydrogens is 160 g/mol. The van der Waals surface area contributed by atoms with Gasteiger partial charge >= 0.3 is 0 Å². The highest BCUT2D eigenvalue weighted by atomic mass is 16.3. The van der Waals surface area contributed by atoms with Gasteiger partial charge in [0, 0.05) is 5.92 Å². The van der Waals surface area contributed by atoms with E-state index < -0.39 is 25.2 Å². The third-order valence-corrected chi connectivity index (χ3v) is 1.96. The molecule has 0 aliphatic rings. The number of hydrogen-bond donors (Lipinski definition) is 3. The molecule has 0 unspecified atom stereocenters. The Kier molecular flexibility index (Phi) is 4.37. The van der Waals surface area contributed by atoms with E-state index in [1.165, 1.54) is 0 Å². The lowest BCUT2D eigenvalue weighted by Crippen LogP contribution is -2.44. The molecule has 4 heteroatoms. The van der Waals surface area contributed by atoms with Crippen molar-refractivity contribution in [3.63, 3.8) is 0 Å². The number of ketones is 1. The predicted octanol–water partition coefficient (Wildman–Crippen LogP) is -0.825. The van der Waals surface area contributed by atoms with Crippen molar-refractivity contribution in [1.29, 1.82) is 0 Å². The van der Waals surface area contributed by atoms with Crippen LogP contribution in [0.1, 0.15) is 13.8 Å². The van der Waals surface area contributed by atoms with Gasteiger partial charge < -0.3 is 15.3 Å². The van der Waals surface area contributed by atoms with Gasteiger partial charge in [-0.15, -0.1) is 0 Å². The van der Waals surface area contributed by atoms with E-state index in [0.29, 0.717) is 0 Å². The molecule has 0 bridgehead atoms. The molecule has 0 aliphatic heterocycles. The van der Waals surface area contributed by atoms with Gasteiger partial charge in [-0.25, -0.2) is 0 Å². The molecule has 0 spiro atoms. The number of Topliss-reactive ketones (excluding diaryl/α,β-unsaturated/α-hetero) is 1. The summed E-state index contributed by atoms with van der Waals surface area (Å²) in [6.45, 7) is 1.78. The van der Waals surface area contributed by atoms with Gasteiger partial charge in [0.1, 0.15) is 5.78 Å². The third-order valence-electron chi connectivity index (χ3n) is 1.96. The van der Waals surface area contributed by atoms with Crippen LogP contribution < -0.4 is 0 Å². The minimum Gasteiger partial charge on any atom is -0.395 e. The molecule has 72 valence electrons. The van der Waals surface area contributed by atoms with Gasteiger partial charge in [0.15, 0.2) is 0 Å². The van der Waals surface area contributed by atoms with Gasteiger partial charge in [-0.05, 0) is 0 Å². The number of aliphatic hydroxyl groups is 3. The highest BCUT2D eigenvalue weighted by Crippen LogP contribution is 2.20. The van der Waals surface area contributed by atoms with Crippen molar-refractivity contribution >= 4 is 5.78 Å². The summed E-state index contributed by atoms with van der Waals surface area (Å²) in [5.74, 6) is -0.605. The number of carbonyl (C=O) groups is 1. The molecule has 0 heterocycles. The summed E-state index contributed by atoms with van der Waals surface area (Å²) >= 11 is 0. The first-order chi connectivity index (χ1) is 5.54. The van der Waals surface area contributed by atoms with E-state index >= 15 is 0 Å². The second-order valence-corrected chi connectivity index (χ2v) is 3.27. The second-order valence-electron chi connectivity index (χ2n) is 3.27. The van der Waals surface area contributed by atoms with Crippen molar-refractivity contribution < 1.29 is 20.1 Å². The molecule has 3 N–H and O–H groups in total. The molecule has 0 aliphatic carbocycles. The Morgan fingerprint density at radius 2 is 1.50 bits per heavy atom. The van der Waals surface area contributed by atoms with Crippen molar-refractivity contribution in [3.8, 4) is 0 Å². The van der Waals surface area contributed by atoms with Crippen LogP contribution in [0.3, 0.4) is 0 Å². The minimum absolute atomic E-state index is 0.295. The van der Waals surface area contributed by atoms with Gasteiger partial charge in [0.2, 0.25) is 0 Å². The van der Waals surface area contributed by atoms with Crippen LogP contribution in [0.4, 0.5) is 0 Å². The monoisotopic (exact) mass is 176 g/mol. The first kappa shape index (κ1) is 11.6. The van der Waals surface area contributed by atoms with Crippen LogP contribution in [0.2, 0.25) is 0 Å². The van der Waals surface area contributed by atoms with Crippen LogP contribution >= 0.6 is 0 Å². The van der Waals surface area contributed by atoms with Crippen molar-refractivity contribution in [3.05, 3.63) is 0 Å². The summed E-state index contributed by atoms with van der Waals surface area (Å²) in [5.41, 5.74) is -1.37. The van der Waals surface area contributed by atoms with Crippen LogP contribution in [0.5, 0.6) is 0 Å². The average Bonchev–Trinajstić information content (AvgIpc) is 2.08. The molecule has 0 aromatic rings. The third kappa shape index (κ3) is 2.03. The Bertz CT molecular complexity index is 141. The van der Waals surface area contributed by atoms with Gasteiger partial charge in [-0.2, -0.15) is 0 Å². The summed E-state index contributed by atoms with van der Waals surface area (Å²) in [7, 11) is 0. The maximum absolute atomic E-state index is 11.4. The van der Waals surface area contributed by atoms with Crippen molar-refractivity contribution in [2.24, 2.45) is 11.3 Å². The largest absolute Gasteiger partial charge is 0.395 e. The normalized spacial score (nSPS) is 12.2. The fraction of sp³-hybridized carbons (Fsp3) is 0.875. The maximum atomic E-state index is 11.4. The van der Waals surface area contributed by atoms with E-state index in [1.807, 2.05) is 0 Å². The molecule has 0 radical (unpaired) electrons. The molecule has 0 aromatic carbocycles. The fourth-order valence-electron chi connectivity index (χ4n) is 0.996. The smallest absolute Gasteiger partial charge is 0.148 e. The zero-order valence-corrected chi connectivity index (χ0v) is 7.45. The summed E-state index contributed by atoms with van der Waals surface area (Å²) in [6.07, 6.45) is 0. The van der Waals surface area contributed by atoms with Crippen LogP contribution in [0, 0.1) is 11.3 Å². The molecule has 4 nitrogen and oxygen atoms in total. The van der Waals surface area contributed by atoms with Crippen molar-refractivity contribution in [2.45, 2.75) is 13.8 Å². The van der Waals surface area contributed by atoms with E-state index in [-0.39, 0.29) is 11.7 Å². The van der Waals surface area contributed by atoms with E-state index in [1.54, 1.807) is 13.8 Å². The Labute approximate surface area is 71.8 Å². The van der Waals surface area contributed by atoms with E-state index in [4.69, 9.17) is 15.3 Å². The molecular formula is C8H16O4. The van der Waals surface area contributed by atoms with E-state index in [2.05, 4.69) is 0 Å². The Morgan fingerprint density at radius 1 is 1.17 bits per heavy atom. The van der Waals surface area contributed by atoms with Gasteiger partial charge in [0.05, 0.1) is 25.2 Å². The summed E-state index contributed by atoms with van der Waals surface area (Å²) < 4.78 is 0. The number of aliphatic hydroxyl groups excluding tert-OH is 3. The molecule has 0 fully saturated rings. The van der Waals surface area contributed by atoms with Crippen LogP contribution in [-0.2, 0) is 4.79 Å². The van der Waals surface area contributed by atoms with E-state index in [9.17, 15) is 4.79 Å². The number of hydrogen-bond acceptors (Lipinski definition) is 4. The lowest BCUT2D eigenvalue weighted by Gasteiger charge is -2.27. The molecule has 0 saturated carbocycles. The number of rotatable bonds is 5. The van der Waals surface area contributed by atoms with E-state index in [0.717, 1.165) is 0 Å². The zero-order valence-electron chi connectivity index (χ0n) is 7.45. The molecule has 0 amide bonds. The standard InChI is InChI=1S/C8H16O4/c1-6(2)7(12)8(3-9,4-10)5-11/h6,9-11H,3-5H2,1-2H3. The quantitative estimate of drug-likeness (QED) is 0.511. The summed E-state index contributed by atoms with van der Waals surface area (Å²) in [6, 6.07) is 0. The van der Waals surface area contributed by atoms with Crippen molar-refractivity contribution in [1.82, 2.24) is 0 Å². The van der Waals surface area contributed by atoms with Gasteiger partial charge in [-0.3, -0.25) is 4.79 Å². The molecule has 0 atom stereocenters. The number of carbonyl (C=O) groups excluding carboxylic acids is 1. The molecule has 0 rings (SSSR count). The predicted molar refractivity (Wildman–Crippen MR) is 43.5 cm³/mol. The first-order valence-electron chi connectivity index (χ1n) is 3.91. The fourth-order valence-corrected chi connectivity index (χ4v) is 0.996. The first-order valence-corrected chi connectivity index (χ1v) is 3.91. The Balaban J connectivity index is 4.59. The topological polar surface area (TPSA) is 77.8 Å². The van der Waals surface area contributed by atoms with Crippen LogP contribution in [0.15, 0.2) is 0 Å². The lowest BCUT2D eigenvalue weighted by molar-refractivity contribution is -0.140.